The predicted molar refractivity (Wildman–Crippen MR) is 138 cm³/mol. The molecule has 2 N–H and O–H groups in total. The zero-order valence-electron chi connectivity index (χ0n) is 20.6. The van der Waals surface area contributed by atoms with E-state index in [0.29, 0.717) is 13.1 Å². The molecule has 0 saturated carbocycles. The van der Waals surface area contributed by atoms with Crippen molar-refractivity contribution in [2.45, 2.75) is 65.0 Å². The molecule has 3 rings (SSSR count). The molecular weight excluding hydrogens is 422 g/mol. The van der Waals surface area contributed by atoms with Crippen molar-refractivity contribution in [2.75, 3.05) is 13.2 Å². The van der Waals surface area contributed by atoms with E-state index in [0.717, 1.165) is 37.3 Å². The van der Waals surface area contributed by atoms with E-state index in [9.17, 15) is 10.2 Å². The summed E-state index contributed by atoms with van der Waals surface area (Å²) in [5.41, 5.74) is 4.45. The summed E-state index contributed by atoms with van der Waals surface area (Å²) >= 11 is 0. The highest BCUT2D eigenvalue weighted by Gasteiger charge is 2.20. The number of pyridine rings is 1. The molecule has 0 saturated heterocycles. The van der Waals surface area contributed by atoms with E-state index < -0.39 is 0 Å². The summed E-state index contributed by atoms with van der Waals surface area (Å²) in [6, 6.07) is 27.1. The Balaban J connectivity index is 1.77. The summed E-state index contributed by atoms with van der Waals surface area (Å²) < 4.78 is 0. The third-order valence-corrected chi connectivity index (χ3v) is 6.45. The summed E-state index contributed by atoms with van der Waals surface area (Å²) in [6.07, 6.45) is 1.76. The molecule has 0 aliphatic heterocycles. The first-order valence-corrected chi connectivity index (χ1v) is 12.4. The number of aliphatic hydroxyl groups excluding tert-OH is 2. The molecule has 0 fully saturated rings. The lowest BCUT2D eigenvalue weighted by molar-refractivity contribution is 0.102. The lowest BCUT2D eigenvalue weighted by Crippen LogP contribution is -2.37. The highest BCUT2D eigenvalue weighted by atomic mass is 16.3. The van der Waals surface area contributed by atoms with Crippen LogP contribution in [0.15, 0.2) is 78.9 Å². The van der Waals surface area contributed by atoms with Crippen LogP contribution in [0.5, 0.6) is 0 Å². The predicted octanol–water partition coefficient (Wildman–Crippen LogP) is 4.63. The van der Waals surface area contributed by atoms with E-state index in [1.54, 1.807) is 0 Å². The van der Waals surface area contributed by atoms with Crippen molar-refractivity contribution < 1.29 is 10.2 Å². The zero-order chi connectivity index (χ0) is 24.2. The van der Waals surface area contributed by atoms with Crippen LogP contribution in [0.2, 0.25) is 0 Å². The number of benzene rings is 2. The molecule has 5 heteroatoms. The van der Waals surface area contributed by atoms with Crippen LogP contribution in [0.1, 0.15) is 49.2 Å². The fourth-order valence-corrected chi connectivity index (χ4v) is 4.39. The van der Waals surface area contributed by atoms with Gasteiger partial charge in [-0.05, 0) is 36.1 Å². The number of hydrogen-bond donors (Lipinski definition) is 2. The van der Waals surface area contributed by atoms with Crippen molar-refractivity contribution in [2.24, 2.45) is 0 Å². The molecule has 0 bridgehead atoms. The normalized spacial score (nSPS) is 13.4. The van der Waals surface area contributed by atoms with Gasteiger partial charge >= 0.3 is 0 Å². The number of hydrogen-bond acceptors (Lipinski definition) is 5. The quantitative estimate of drug-likeness (QED) is 0.367. The molecule has 0 spiro atoms. The summed E-state index contributed by atoms with van der Waals surface area (Å²) in [4.78, 5) is 9.61. The Labute approximate surface area is 204 Å². The lowest BCUT2D eigenvalue weighted by atomic mass is 10.1. The second kappa shape index (κ2) is 14.0. The van der Waals surface area contributed by atoms with Crippen molar-refractivity contribution in [3.05, 3.63) is 101 Å². The maximum Gasteiger partial charge on any atom is 0.0587 e. The van der Waals surface area contributed by atoms with Crippen LogP contribution in [0.3, 0.4) is 0 Å². The van der Waals surface area contributed by atoms with Crippen LogP contribution in [-0.4, -0.2) is 50.3 Å². The molecular formula is C29H39N3O2. The Kier molecular flexibility index (Phi) is 10.7. The van der Waals surface area contributed by atoms with Gasteiger partial charge in [0.1, 0.15) is 0 Å². The number of nitrogens with zero attached hydrogens (tertiary/aromatic N) is 3. The lowest BCUT2D eigenvalue weighted by Gasteiger charge is -2.31. The van der Waals surface area contributed by atoms with Crippen LogP contribution < -0.4 is 0 Å². The SMILES string of the molecule is CC[C@H](CO)N(Cc1ccccc1)Cc1cccc(CN(Cc2ccccc2)[C@H](CC)CO)n1. The summed E-state index contributed by atoms with van der Waals surface area (Å²) in [5.74, 6) is 0. The average molecular weight is 462 g/mol. The Morgan fingerprint density at radius 2 is 1.00 bits per heavy atom. The van der Waals surface area contributed by atoms with E-state index in [1.807, 2.05) is 12.1 Å². The molecule has 3 aromatic rings. The van der Waals surface area contributed by atoms with Gasteiger partial charge in [-0.1, -0.05) is 80.6 Å². The van der Waals surface area contributed by atoms with Gasteiger partial charge in [0.15, 0.2) is 0 Å². The highest BCUT2D eigenvalue weighted by molar-refractivity contribution is 5.17. The monoisotopic (exact) mass is 461 g/mol. The number of aromatic nitrogens is 1. The second-order valence-corrected chi connectivity index (χ2v) is 8.89. The maximum atomic E-state index is 9.99. The van der Waals surface area contributed by atoms with Gasteiger partial charge in [0.05, 0.1) is 24.6 Å². The van der Waals surface area contributed by atoms with Crippen LogP contribution in [0, 0.1) is 0 Å². The average Bonchev–Trinajstić information content (AvgIpc) is 2.87. The molecule has 0 aliphatic rings. The highest BCUT2D eigenvalue weighted by Crippen LogP contribution is 2.17. The Hall–Kier alpha value is -2.57. The van der Waals surface area contributed by atoms with Gasteiger partial charge < -0.3 is 10.2 Å². The van der Waals surface area contributed by atoms with E-state index in [2.05, 4.69) is 90.4 Å². The first kappa shape index (κ1) is 26.0. The summed E-state index contributed by atoms with van der Waals surface area (Å²) in [5, 5.41) is 20.0. The molecule has 182 valence electrons. The van der Waals surface area contributed by atoms with Gasteiger partial charge in [0, 0.05) is 38.3 Å². The molecule has 2 atom stereocenters. The van der Waals surface area contributed by atoms with Crippen molar-refractivity contribution in [3.63, 3.8) is 0 Å². The largest absolute Gasteiger partial charge is 0.395 e. The Bertz CT molecular complexity index is 869. The molecule has 0 unspecified atom stereocenters. The summed E-state index contributed by atoms with van der Waals surface area (Å²) in [6.45, 7) is 7.39. The van der Waals surface area contributed by atoms with Crippen LogP contribution in [-0.2, 0) is 26.2 Å². The molecule has 1 aromatic heterocycles. The minimum Gasteiger partial charge on any atom is -0.395 e. The van der Waals surface area contributed by atoms with E-state index in [1.165, 1.54) is 11.1 Å². The molecule has 0 radical (unpaired) electrons. The Morgan fingerprint density at radius 3 is 1.35 bits per heavy atom. The standard InChI is InChI=1S/C29H39N3O2/c1-3-28(22-33)31(18-24-12-7-5-8-13-24)20-26-16-11-17-27(30-26)21-32(29(4-2)23-34)19-25-14-9-6-10-15-25/h5-17,28-29,33-34H,3-4,18-23H2,1-2H3/t28-,29-/m1/s1. The molecule has 34 heavy (non-hydrogen) atoms. The minimum atomic E-state index is 0.0825. The van der Waals surface area contributed by atoms with Gasteiger partial charge in [0.25, 0.3) is 0 Å². The topological polar surface area (TPSA) is 59.8 Å². The molecule has 0 amide bonds. The molecule has 5 nitrogen and oxygen atoms in total. The van der Waals surface area contributed by atoms with Crippen LogP contribution in [0.25, 0.3) is 0 Å². The third-order valence-electron chi connectivity index (χ3n) is 6.45. The van der Waals surface area contributed by atoms with E-state index in [-0.39, 0.29) is 25.3 Å². The number of aliphatic hydroxyl groups is 2. The van der Waals surface area contributed by atoms with Crippen molar-refractivity contribution in [3.8, 4) is 0 Å². The second-order valence-electron chi connectivity index (χ2n) is 8.89. The summed E-state index contributed by atoms with van der Waals surface area (Å²) in [7, 11) is 0. The van der Waals surface area contributed by atoms with Gasteiger partial charge in [-0.15, -0.1) is 0 Å². The van der Waals surface area contributed by atoms with Gasteiger partial charge in [-0.3, -0.25) is 14.8 Å². The van der Waals surface area contributed by atoms with Crippen molar-refractivity contribution in [1.29, 1.82) is 0 Å². The first-order chi connectivity index (χ1) is 16.7. The van der Waals surface area contributed by atoms with Gasteiger partial charge in [-0.2, -0.15) is 0 Å². The Morgan fingerprint density at radius 1 is 0.588 bits per heavy atom. The fraction of sp³-hybridized carbons (Fsp3) is 0.414. The zero-order valence-corrected chi connectivity index (χ0v) is 20.6. The number of rotatable bonds is 14. The van der Waals surface area contributed by atoms with Gasteiger partial charge in [-0.25, -0.2) is 0 Å². The fourth-order valence-electron chi connectivity index (χ4n) is 4.39. The van der Waals surface area contributed by atoms with E-state index >= 15 is 0 Å². The maximum absolute atomic E-state index is 9.99. The van der Waals surface area contributed by atoms with Crippen molar-refractivity contribution in [1.82, 2.24) is 14.8 Å². The molecule has 0 aliphatic carbocycles. The molecule has 1 heterocycles. The minimum absolute atomic E-state index is 0.0825. The van der Waals surface area contributed by atoms with Crippen molar-refractivity contribution >= 4 is 0 Å². The van der Waals surface area contributed by atoms with Gasteiger partial charge in [0.2, 0.25) is 0 Å². The van der Waals surface area contributed by atoms with E-state index in [4.69, 9.17) is 4.98 Å². The first-order valence-electron chi connectivity index (χ1n) is 12.4. The van der Waals surface area contributed by atoms with Crippen LogP contribution >= 0.6 is 0 Å². The smallest absolute Gasteiger partial charge is 0.0587 e. The molecule has 2 aromatic carbocycles. The third kappa shape index (κ3) is 7.74. The van der Waals surface area contributed by atoms with Crippen LogP contribution in [0.4, 0.5) is 0 Å².